The highest BCUT2D eigenvalue weighted by Crippen LogP contribution is 2.40. The van der Waals surface area contributed by atoms with E-state index in [2.05, 4.69) is 110 Å². The summed E-state index contributed by atoms with van der Waals surface area (Å²) >= 11 is 0. The lowest BCUT2D eigenvalue weighted by Crippen LogP contribution is -2.13. The summed E-state index contributed by atoms with van der Waals surface area (Å²) in [6, 6.07) is 27.5. The van der Waals surface area contributed by atoms with E-state index >= 15 is 0 Å². The van der Waals surface area contributed by atoms with Gasteiger partial charge in [0.15, 0.2) is 0 Å². The highest BCUT2D eigenvalue weighted by Gasteiger charge is 2.19. The fourth-order valence-corrected chi connectivity index (χ4v) is 4.24. The van der Waals surface area contributed by atoms with Crippen molar-refractivity contribution in [3.63, 3.8) is 0 Å². The standard InChI is InChI=1S/C29H24N2/c1-3-22-11-6-7-15-27(22)25-16-10-18-31(28-17-9-8-14-26(28)21(25)2)29-19-23-12-4-5-13-24(23)20-30-29/h4-20H,2-3H2,1H3/b18-10-,25-16+. The fourth-order valence-electron chi connectivity index (χ4n) is 4.24. The van der Waals surface area contributed by atoms with E-state index in [0.29, 0.717) is 0 Å². The Morgan fingerprint density at radius 1 is 0.839 bits per heavy atom. The van der Waals surface area contributed by atoms with Gasteiger partial charge in [-0.2, -0.15) is 0 Å². The van der Waals surface area contributed by atoms with Crippen LogP contribution in [0.4, 0.5) is 11.5 Å². The Kier molecular flexibility index (Phi) is 4.97. The number of aryl methyl sites for hydroxylation is 1. The molecule has 1 aliphatic heterocycles. The lowest BCUT2D eigenvalue weighted by atomic mass is 9.88. The number of anilines is 2. The Balaban J connectivity index is 1.68. The Morgan fingerprint density at radius 2 is 1.55 bits per heavy atom. The molecule has 3 aromatic carbocycles. The van der Waals surface area contributed by atoms with Gasteiger partial charge in [0.05, 0.1) is 5.69 Å². The van der Waals surface area contributed by atoms with Gasteiger partial charge in [-0.15, -0.1) is 0 Å². The van der Waals surface area contributed by atoms with Gasteiger partial charge in [-0.3, -0.25) is 0 Å². The van der Waals surface area contributed by atoms with Crippen LogP contribution in [-0.4, -0.2) is 4.98 Å². The zero-order valence-corrected chi connectivity index (χ0v) is 17.6. The first-order chi connectivity index (χ1) is 15.3. The molecule has 150 valence electrons. The molecule has 0 N–H and O–H groups in total. The van der Waals surface area contributed by atoms with Gasteiger partial charge >= 0.3 is 0 Å². The van der Waals surface area contributed by atoms with Gasteiger partial charge in [-0.05, 0) is 52.3 Å². The quantitative estimate of drug-likeness (QED) is 0.353. The van der Waals surface area contributed by atoms with Crippen molar-refractivity contribution in [2.75, 3.05) is 4.90 Å². The van der Waals surface area contributed by atoms with Crippen LogP contribution in [0.1, 0.15) is 23.6 Å². The summed E-state index contributed by atoms with van der Waals surface area (Å²) in [4.78, 5) is 6.90. The molecule has 0 radical (unpaired) electrons. The second kappa shape index (κ2) is 8.08. The van der Waals surface area contributed by atoms with E-state index in [-0.39, 0.29) is 0 Å². The molecule has 5 rings (SSSR count). The van der Waals surface area contributed by atoms with Gasteiger partial charge < -0.3 is 4.90 Å². The minimum absolute atomic E-state index is 0.890. The zero-order chi connectivity index (χ0) is 21.2. The molecule has 1 aliphatic rings. The maximum Gasteiger partial charge on any atom is 0.137 e. The molecule has 0 unspecified atom stereocenters. The van der Waals surface area contributed by atoms with Gasteiger partial charge in [0.1, 0.15) is 5.82 Å². The van der Waals surface area contributed by atoms with E-state index in [1.807, 2.05) is 12.3 Å². The SMILES string of the molecule is C=C1/C(c2ccccc2CC)=C\C=C/N(c2cc3ccccc3cn2)c2ccccc21. The van der Waals surface area contributed by atoms with Crippen LogP contribution in [0.3, 0.4) is 0 Å². The number of allylic oxidation sites excluding steroid dienone is 4. The molecule has 4 aromatic rings. The molecule has 2 heterocycles. The van der Waals surface area contributed by atoms with Crippen LogP contribution < -0.4 is 4.90 Å². The van der Waals surface area contributed by atoms with E-state index in [1.54, 1.807) is 0 Å². The largest absolute Gasteiger partial charge is 0.301 e. The van der Waals surface area contributed by atoms with Crippen LogP contribution in [0.25, 0.3) is 21.9 Å². The monoisotopic (exact) mass is 400 g/mol. The molecule has 0 saturated heterocycles. The predicted molar refractivity (Wildman–Crippen MR) is 132 cm³/mol. The summed E-state index contributed by atoms with van der Waals surface area (Å²) in [5, 5.41) is 2.31. The first-order valence-electron chi connectivity index (χ1n) is 10.7. The van der Waals surface area contributed by atoms with Crippen LogP contribution in [0.15, 0.2) is 110 Å². The number of nitrogens with zero attached hydrogens (tertiary/aromatic N) is 2. The molecular weight excluding hydrogens is 376 g/mol. The van der Waals surface area contributed by atoms with Crippen LogP contribution >= 0.6 is 0 Å². The highest BCUT2D eigenvalue weighted by atomic mass is 15.2. The Hall–Kier alpha value is -3.91. The molecule has 0 aliphatic carbocycles. The van der Waals surface area contributed by atoms with Gasteiger partial charge in [0.2, 0.25) is 0 Å². The molecule has 0 atom stereocenters. The number of hydrogen-bond acceptors (Lipinski definition) is 2. The number of benzene rings is 3. The average molecular weight is 401 g/mol. The average Bonchev–Trinajstić information content (AvgIpc) is 2.83. The zero-order valence-electron chi connectivity index (χ0n) is 17.6. The molecule has 0 amide bonds. The summed E-state index contributed by atoms with van der Waals surface area (Å²) in [6.07, 6.45) is 9.28. The number of aromatic nitrogens is 1. The van der Waals surface area contributed by atoms with E-state index in [1.165, 1.54) is 16.5 Å². The van der Waals surface area contributed by atoms with E-state index < -0.39 is 0 Å². The Labute approximate surface area is 183 Å². The number of hydrogen-bond donors (Lipinski definition) is 0. The Morgan fingerprint density at radius 3 is 2.39 bits per heavy atom. The van der Waals surface area contributed by atoms with Crippen molar-refractivity contribution >= 4 is 33.4 Å². The number of pyridine rings is 1. The second-order valence-corrected chi connectivity index (χ2v) is 7.69. The minimum Gasteiger partial charge on any atom is -0.301 e. The lowest BCUT2D eigenvalue weighted by Gasteiger charge is -2.26. The van der Waals surface area contributed by atoms with Gasteiger partial charge in [0.25, 0.3) is 0 Å². The maximum absolute atomic E-state index is 4.76. The third-order valence-corrected chi connectivity index (χ3v) is 5.86. The van der Waals surface area contributed by atoms with Crippen molar-refractivity contribution in [2.24, 2.45) is 0 Å². The lowest BCUT2D eigenvalue weighted by molar-refractivity contribution is 1.13. The van der Waals surface area contributed by atoms with Crippen molar-refractivity contribution in [2.45, 2.75) is 13.3 Å². The van der Waals surface area contributed by atoms with Gasteiger partial charge in [0, 0.05) is 23.3 Å². The smallest absolute Gasteiger partial charge is 0.137 e. The molecule has 0 fully saturated rings. The molecule has 1 aromatic heterocycles. The van der Waals surface area contributed by atoms with Crippen molar-refractivity contribution < 1.29 is 0 Å². The summed E-state index contributed by atoms with van der Waals surface area (Å²) < 4.78 is 0. The first-order valence-corrected chi connectivity index (χ1v) is 10.7. The summed E-state index contributed by atoms with van der Waals surface area (Å²) in [6.45, 7) is 6.72. The number of rotatable bonds is 3. The van der Waals surface area contributed by atoms with Gasteiger partial charge in [-0.25, -0.2) is 4.98 Å². The third kappa shape index (κ3) is 3.47. The minimum atomic E-state index is 0.890. The number of para-hydroxylation sites is 1. The van der Waals surface area contributed by atoms with E-state index in [4.69, 9.17) is 4.98 Å². The van der Waals surface area contributed by atoms with Crippen molar-refractivity contribution in [3.05, 3.63) is 127 Å². The van der Waals surface area contributed by atoms with Crippen LogP contribution in [0, 0.1) is 0 Å². The van der Waals surface area contributed by atoms with Crippen molar-refractivity contribution in [1.82, 2.24) is 4.98 Å². The maximum atomic E-state index is 4.76. The molecular formula is C29H24N2. The summed E-state index contributed by atoms with van der Waals surface area (Å²) in [5.41, 5.74) is 6.94. The molecule has 0 bridgehead atoms. The fraction of sp³-hybridized carbons (Fsp3) is 0.0690. The molecule has 0 saturated carbocycles. The third-order valence-electron chi connectivity index (χ3n) is 5.86. The molecule has 2 nitrogen and oxygen atoms in total. The number of fused-ring (bicyclic) bond motifs is 2. The van der Waals surface area contributed by atoms with E-state index in [9.17, 15) is 0 Å². The Bertz CT molecular complexity index is 1340. The highest BCUT2D eigenvalue weighted by molar-refractivity contribution is 6.08. The summed E-state index contributed by atoms with van der Waals surface area (Å²) in [5.74, 6) is 0.890. The summed E-state index contributed by atoms with van der Waals surface area (Å²) in [7, 11) is 0. The normalized spacial score (nSPS) is 16.2. The topological polar surface area (TPSA) is 16.1 Å². The van der Waals surface area contributed by atoms with Crippen molar-refractivity contribution in [1.29, 1.82) is 0 Å². The van der Waals surface area contributed by atoms with Crippen LogP contribution in [-0.2, 0) is 6.42 Å². The second-order valence-electron chi connectivity index (χ2n) is 7.69. The molecule has 31 heavy (non-hydrogen) atoms. The van der Waals surface area contributed by atoms with E-state index in [0.717, 1.165) is 40.0 Å². The van der Waals surface area contributed by atoms with Crippen LogP contribution in [0.5, 0.6) is 0 Å². The van der Waals surface area contributed by atoms with Crippen molar-refractivity contribution in [3.8, 4) is 0 Å². The molecule has 2 heteroatoms. The van der Waals surface area contributed by atoms with Crippen LogP contribution in [0.2, 0.25) is 0 Å². The molecule has 0 spiro atoms. The first kappa shape index (κ1) is 19.1. The van der Waals surface area contributed by atoms with Gasteiger partial charge in [-0.1, -0.05) is 86.3 Å². The predicted octanol–water partition coefficient (Wildman–Crippen LogP) is 7.56.